The average Bonchev–Trinajstić information content (AvgIpc) is 2.42. The van der Waals surface area contributed by atoms with E-state index < -0.39 is 11.7 Å². The largest absolute Gasteiger partial charge is 0.444 e. The average molecular weight is 289 g/mol. The molecule has 0 spiro atoms. The number of fused-ring (bicyclic) bond motifs is 1. The highest BCUT2D eigenvalue weighted by Gasteiger charge is 2.24. The van der Waals surface area contributed by atoms with Gasteiger partial charge >= 0.3 is 6.09 Å². The maximum Gasteiger partial charge on any atom is 0.407 e. The van der Waals surface area contributed by atoms with E-state index in [2.05, 4.69) is 18.0 Å². The summed E-state index contributed by atoms with van der Waals surface area (Å²) in [7, 11) is 0. The Morgan fingerprint density at radius 1 is 1.52 bits per heavy atom. The third-order valence-electron chi connectivity index (χ3n) is 3.29. The molecule has 1 atom stereocenters. The molecule has 1 N–H and O–H groups in total. The summed E-state index contributed by atoms with van der Waals surface area (Å²) in [5.41, 5.74) is 2.94. The topological polar surface area (TPSA) is 47.6 Å². The van der Waals surface area contributed by atoms with Gasteiger partial charge in [0.15, 0.2) is 0 Å². The zero-order chi connectivity index (χ0) is 15.5. The van der Waals surface area contributed by atoms with Crippen LogP contribution in [0, 0.1) is 0 Å². The first kappa shape index (κ1) is 15.6. The van der Waals surface area contributed by atoms with Gasteiger partial charge in [0.05, 0.1) is 13.2 Å². The summed E-state index contributed by atoms with van der Waals surface area (Å²) in [5, 5.41) is 2.78. The van der Waals surface area contributed by atoms with Crippen LogP contribution >= 0.6 is 0 Å². The molecule has 0 saturated carbocycles. The van der Waals surface area contributed by atoms with Crippen molar-refractivity contribution in [1.29, 1.82) is 0 Å². The quantitative estimate of drug-likeness (QED) is 0.927. The summed E-state index contributed by atoms with van der Waals surface area (Å²) in [6, 6.07) is 6.14. The minimum Gasteiger partial charge on any atom is -0.444 e. The molecule has 1 aromatic carbocycles. The van der Waals surface area contributed by atoms with E-state index in [1.54, 1.807) is 0 Å². The minimum atomic E-state index is -0.498. The van der Waals surface area contributed by atoms with E-state index in [0.29, 0.717) is 13.2 Å². The summed E-state index contributed by atoms with van der Waals surface area (Å²) in [6.07, 6.45) is 2.14. The standard InChI is InChI=1S/C17H23NO3/c1-5-12-7-6-8-13-9-10-20-14(15(12)13)11-18-16(19)21-17(2,3)4/h5-8,14H,1,9-11H2,2-4H3,(H,18,19). The number of hydrogen-bond acceptors (Lipinski definition) is 3. The van der Waals surface area contributed by atoms with Gasteiger partial charge in [-0.2, -0.15) is 0 Å². The maximum atomic E-state index is 11.8. The van der Waals surface area contributed by atoms with Crippen LogP contribution in [0.25, 0.3) is 6.08 Å². The Morgan fingerprint density at radius 2 is 2.29 bits per heavy atom. The van der Waals surface area contributed by atoms with Crippen LogP contribution < -0.4 is 5.32 Å². The van der Waals surface area contributed by atoms with Crippen molar-refractivity contribution in [2.24, 2.45) is 0 Å². The Morgan fingerprint density at radius 3 is 2.95 bits per heavy atom. The minimum absolute atomic E-state index is 0.157. The lowest BCUT2D eigenvalue weighted by atomic mass is 9.92. The van der Waals surface area contributed by atoms with Crippen molar-refractivity contribution in [1.82, 2.24) is 5.32 Å². The van der Waals surface area contributed by atoms with E-state index in [1.807, 2.05) is 39.0 Å². The SMILES string of the molecule is C=Cc1cccc2c1C(CNC(=O)OC(C)(C)C)OCC2. The number of amides is 1. The highest BCUT2D eigenvalue weighted by atomic mass is 16.6. The Kier molecular flexibility index (Phi) is 4.68. The number of benzene rings is 1. The van der Waals surface area contributed by atoms with Crippen LogP contribution in [0.3, 0.4) is 0 Å². The van der Waals surface area contributed by atoms with Crippen molar-refractivity contribution in [3.05, 3.63) is 41.5 Å². The molecule has 4 nitrogen and oxygen atoms in total. The summed E-state index contributed by atoms with van der Waals surface area (Å²) in [6.45, 7) is 10.4. The Bertz CT molecular complexity index is 531. The summed E-state index contributed by atoms with van der Waals surface area (Å²) in [4.78, 5) is 11.8. The number of carbonyl (C=O) groups is 1. The molecular formula is C17H23NO3. The monoisotopic (exact) mass is 289 g/mol. The predicted molar refractivity (Wildman–Crippen MR) is 83.2 cm³/mol. The lowest BCUT2D eigenvalue weighted by Crippen LogP contribution is -2.36. The zero-order valence-corrected chi connectivity index (χ0v) is 12.9. The summed E-state index contributed by atoms with van der Waals surface area (Å²) in [5.74, 6) is 0. The van der Waals surface area contributed by atoms with Crippen LogP contribution in [-0.2, 0) is 15.9 Å². The molecule has 1 amide bonds. The van der Waals surface area contributed by atoms with Gasteiger partial charge in [0.1, 0.15) is 11.7 Å². The van der Waals surface area contributed by atoms with E-state index in [1.165, 1.54) is 5.56 Å². The van der Waals surface area contributed by atoms with Gasteiger partial charge in [0, 0.05) is 0 Å². The molecule has 0 saturated heterocycles. The second-order valence-electron chi connectivity index (χ2n) is 6.12. The summed E-state index contributed by atoms with van der Waals surface area (Å²) >= 11 is 0. The first-order valence-electron chi connectivity index (χ1n) is 7.23. The highest BCUT2D eigenvalue weighted by molar-refractivity contribution is 5.68. The van der Waals surface area contributed by atoms with Crippen LogP contribution in [0.4, 0.5) is 4.79 Å². The van der Waals surface area contributed by atoms with Crippen molar-refractivity contribution in [2.75, 3.05) is 13.2 Å². The fraction of sp³-hybridized carbons (Fsp3) is 0.471. The number of alkyl carbamates (subject to hydrolysis) is 1. The first-order chi connectivity index (χ1) is 9.90. The van der Waals surface area contributed by atoms with Crippen molar-refractivity contribution < 1.29 is 14.3 Å². The van der Waals surface area contributed by atoms with Crippen LogP contribution in [0.2, 0.25) is 0 Å². The van der Waals surface area contributed by atoms with Crippen LogP contribution in [0.5, 0.6) is 0 Å². The lowest BCUT2D eigenvalue weighted by Gasteiger charge is -2.28. The van der Waals surface area contributed by atoms with Gasteiger partial charge in [-0.25, -0.2) is 4.79 Å². The van der Waals surface area contributed by atoms with E-state index in [9.17, 15) is 4.79 Å². The van der Waals surface area contributed by atoms with Gasteiger partial charge < -0.3 is 14.8 Å². The highest BCUT2D eigenvalue weighted by Crippen LogP contribution is 2.30. The smallest absolute Gasteiger partial charge is 0.407 e. The van der Waals surface area contributed by atoms with Gasteiger partial charge in [-0.15, -0.1) is 0 Å². The number of hydrogen-bond donors (Lipinski definition) is 1. The van der Waals surface area contributed by atoms with E-state index >= 15 is 0 Å². The maximum absolute atomic E-state index is 11.8. The van der Waals surface area contributed by atoms with Crippen LogP contribution in [0.15, 0.2) is 24.8 Å². The molecule has 1 unspecified atom stereocenters. The van der Waals surface area contributed by atoms with E-state index in [4.69, 9.17) is 9.47 Å². The third kappa shape index (κ3) is 4.08. The molecule has 2 rings (SSSR count). The normalized spacial score (nSPS) is 17.8. The number of ether oxygens (including phenoxy) is 2. The predicted octanol–water partition coefficient (Wildman–Crippen LogP) is 3.47. The van der Waals surface area contributed by atoms with Gasteiger partial charge in [-0.1, -0.05) is 30.9 Å². The van der Waals surface area contributed by atoms with Gasteiger partial charge in [-0.3, -0.25) is 0 Å². The molecule has 0 bridgehead atoms. The molecule has 1 aliphatic heterocycles. The molecule has 1 aliphatic rings. The van der Waals surface area contributed by atoms with Crippen LogP contribution in [0.1, 0.15) is 43.6 Å². The van der Waals surface area contributed by atoms with Crippen molar-refractivity contribution in [3.63, 3.8) is 0 Å². The van der Waals surface area contributed by atoms with Crippen LogP contribution in [-0.4, -0.2) is 24.8 Å². The van der Waals surface area contributed by atoms with E-state index in [0.717, 1.165) is 17.5 Å². The van der Waals surface area contributed by atoms with E-state index in [-0.39, 0.29) is 6.10 Å². The Hall–Kier alpha value is -1.81. The molecule has 4 heteroatoms. The zero-order valence-electron chi connectivity index (χ0n) is 12.9. The van der Waals surface area contributed by atoms with Gasteiger partial charge in [0.25, 0.3) is 0 Å². The molecule has 1 heterocycles. The Balaban J connectivity index is 2.07. The molecular weight excluding hydrogens is 266 g/mol. The molecule has 21 heavy (non-hydrogen) atoms. The fourth-order valence-electron chi connectivity index (χ4n) is 2.47. The third-order valence-corrected chi connectivity index (χ3v) is 3.29. The molecule has 1 aromatic rings. The molecule has 0 radical (unpaired) electrons. The summed E-state index contributed by atoms with van der Waals surface area (Å²) < 4.78 is 11.1. The fourth-order valence-corrected chi connectivity index (χ4v) is 2.47. The number of carbonyl (C=O) groups excluding carboxylic acids is 1. The first-order valence-corrected chi connectivity index (χ1v) is 7.23. The second-order valence-corrected chi connectivity index (χ2v) is 6.12. The van der Waals surface area contributed by atoms with Crippen molar-refractivity contribution in [3.8, 4) is 0 Å². The number of nitrogens with one attached hydrogen (secondary N) is 1. The molecule has 0 aromatic heterocycles. The Labute approximate surface area is 126 Å². The molecule has 0 fully saturated rings. The lowest BCUT2D eigenvalue weighted by molar-refractivity contribution is 0.0288. The molecule has 0 aliphatic carbocycles. The van der Waals surface area contributed by atoms with Gasteiger partial charge in [0.2, 0.25) is 0 Å². The molecule has 114 valence electrons. The van der Waals surface area contributed by atoms with Crippen molar-refractivity contribution >= 4 is 12.2 Å². The second kappa shape index (κ2) is 6.31. The number of rotatable bonds is 3. The van der Waals surface area contributed by atoms with Crippen molar-refractivity contribution in [2.45, 2.75) is 38.9 Å². The van der Waals surface area contributed by atoms with Gasteiger partial charge in [-0.05, 0) is 43.9 Å².